The summed E-state index contributed by atoms with van der Waals surface area (Å²) in [5, 5.41) is 86.4. The van der Waals surface area contributed by atoms with Gasteiger partial charge in [-0.3, -0.25) is 4.79 Å². The first-order valence-corrected chi connectivity index (χ1v) is 16.1. The first kappa shape index (κ1) is 40.4. The molecular formula is C27H53N7O15. The van der Waals surface area contributed by atoms with Crippen LogP contribution in [0, 0.1) is 0 Å². The van der Waals surface area contributed by atoms with Crippen LogP contribution < -0.4 is 39.7 Å². The number of rotatable bonds is 13. The molecule has 0 aromatic rings. The fourth-order valence-electron chi connectivity index (χ4n) is 6.37. The fourth-order valence-corrected chi connectivity index (χ4v) is 6.37. The Morgan fingerprint density at radius 2 is 1.35 bits per heavy atom. The Kier molecular flexibility index (Phi) is 14.4. The van der Waals surface area contributed by atoms with Crippen LogP contribution in [0.25, 0.3) is 0 Å². The monoisotopic (exact) mass is 715 g/mol. The van der Waals surface area contributed by atoms with Gasteiger partial charge in [-0.15, -0.1) is 0 Å². The maximum absolute atomic E-state index is 12.7. The molecule has 3 saturated heterocycles. The number of carbonyl (C=O) groups is 1. The van der Waals surface area contributed by atoms with Gasteiger partial charge in [0.1, 0.15) is 61.0 Å². The lowest BCUT2D eigenvalue weighted by Gasteiger charge is -2.47. The van der Waals surface area contributed by atoms with Crippen molar-refractivity contribution >= 4 is 5.91 Å². The van der Waals surface area contributed by atoms with Crippen LogP contribution in [0.4, 0.5) is 0 Å². The number of hydrogen-bond donors (Lipinski definition) is 15. The molecule has 22 nitrogen and oxygen atoms in total. The number of nitrogens with one attached hydrogen (secondary N) is 1. The zero-order valence-corrected chi connectivity index (χ0v) is 26.7. The third-order valence-corrected chi connectivity index (χ3v) is 9.40. The van der Waals surface area contributed by atoms with Gasteiger partial charge in [-0.05, 0) is 6.42 Å². The highest BCUT2D eigenvalue weighted by molar-refractivity contribution is 5.81. The van der Waals surface area contributed by atoms with E-state index in [0.717, 1.165) is 0 Å². The zero-order chi connectivity index (χ0) is 36.3. The van der Waals surface area contributed by atoms with Crippen LogP contribution >= 0.6 is 0 Å². The predicted molar refractivity (Wildman–Crippen MR) is 162 cm³/mol. The summed E-state index contributed by atoms with van der Waals surface area (Å²) in [7, 11) is 0. The molecule has 0 aromatic carbocycles. The van der Waals surface area contributed by atoms with Gasteiger partial charge in [-0.1, -0.05) is 0 Å². The number of amides is 1. The minimum atomic E-state index is -1.94. The summed E-state index contributed by atoms with van der Waals surface area (Å²) in [4.78, 5) is 12.7. The van der Waals surface area contributed by atoms with Crippen molar-refractivity contribution in [2.24, 2.45) is 34.4 Å². The van der Waals surface area contributed by atoms with E-state index in [0.29, 0.717) is 0 Å². The summed E-state index contributed by atoms with van der Waals surface area (Å²) >= 11 is 0. The van der Waals surface area contributed by atoms with Gasteiger partial charge in [0.15, 0.2) is 25.0 Å². The molecule has 21 N–H and O–H groups in total. The average Bonchev–Trinajstić information content (AvgIpc) is 3.38. The van der Waals surface area contributed by atoms with E-state index in [2.05, 4.69) is 5.32 Å². The largest absolute Gasteiger partial charge is 0.394 e. The van der Waals surface area contributed by atoms with E-state index in [1.54, 1.807) is 0 Å². The molecule has 0 radical (unpaired) electrons. The Morgan fingerprint density at radius 3 is 1.96 bits per heavy atom. The maximum atomic E-state index is 12.7. The Labute approximate surface area is 281 Å². The molecule has 1 amide bonds. The van der Waals surface area contributed by atoms with E-state index < -0.39 is 141 Å². The second-order valence-corrected chi connectivity index (χ2v) is 12.9. The zero-order valence-electron chi connectivity index (χ0n) is 26.7. The molecule has 3 heterocycles. The summed E-state index contributed by atoms with van der Waals surface area (Å²) in [6.45, 7) is -1.33. The normalized spacial score (nSPS) is 47.5. The fraction of sp³-hybridized carbons (Fsp3) is 0.963. The average molecular weight is 716 g/mol. The summed E-state index contributed by atoms with van der Waals surface area (Å²) in [6.07, 6.45) is -22.6. The van der Waals surface area contributed by atoms with Crippen LogP contribution in [0.5, 0.6) is 0 Å². The van der Waals surface area contributed by atoms with Crippen molar-refractivity contribution in [3.05, 3.63) is 0 Å². The smallest absolute Gasteiger partial charge is 0.251 e. The molecule has 22 heteroatoms. The van der Waals surface area contributed by atoms with E-state index in [9.17, 15) is 45.6 Å². The number of hydrogen-bond acceptors (Lipinski definition) is 21. The molecule has 4 rings (SSSR count). The van der Waals surface area contributed by atoms with Gasteiger partial charge in [0.2, 0.25) is 0 Å². The van der Waals surface area contributed by atoms with Crippen molar-refractivity contribution in [1.82, 2.24) is 5.32 Å². The SMILES string of the molecule is NC[C@@H]1C[C@H](O)[C@@H](N)[C@@H](O[C@H]2[C@H](O[C@@H]3O[C@H](CO)[C@@H](O[C@H]4O[C@@H](CN)[C@@H](O)[C@H](O)[C@H]4N)[C@H]3O)[C@@H](O)[C@H](NC(=O)C(O)[C@H](O)CN)C[C@@H]2N)O1. The summed E-state index contributed by atoms with van der Waals surface area (Å²) in [6, 6.07) is -4.65. The van der Waals surface area contributed by atoms with E-state index >= 15 is 0 Å². The topological polar surface area (TPSA) is 402 Å². The third kappa shape index (κ3) is 8.83. The van der Waals surface area contributed by atoms with Crippen LogP contribution in [0.3, 0.4) is 0 Å². The van der Waals surface area contributed by atoms with Crippen LogP contribution in [-0.4, -0.2) is 195 Å². The maximum Gasteiger partial charge on any atom is 0.251 e. The molecule has 20 atom stereocenters. The van der Waals surface area contributed by atoms with Crippen LogP contribution in [-0.2, 0) is 33.2 Å². The molecule has 286 valence electrons. The number of aliphatic hydroxyl groups is 8. The highest BCUT2D eigenvalue weighted by atomic mass is 16.8. The van der Waals surface area contributed by atoms with Crippen molar-refractivity contribution in [2.45, 2.75) is 135 Å². The van der Waals surface area contributed by atoms with Gasteiger partial charge >= 0.3 is 0 Å². The van der Waals surface area contributed by atoms with Crippen molar-refractivity contribution in [2.75, 3.05) is 26.2 Å². The van der Waals surface area contributed by atoms with Gasteiger partial charge < -0.3 is 109 Å². The minimum Gasteiger partial charge on any atom is -0.394 e. The molecule has 0 spiro atoms. The number of aliphatic hydroxyl groups excluding tert-OH is 8. The predicted octanol–water partition coefficient (Wildman–Crippen LogP) is -10.0. The molecule has 1 unspecified atom stereocenters. The molecular weight excluding hydrogens is 662 g/mol. The molecule has 4 aliphatic rings. The molecule has 0 aromatic heterocycles. The lowest BCUT2D eigenvalue weighted by Crippen LogP contribution is -2.68. The van der Waals surface area contributed by atoms with Crippen LogP contribution in [0.15, 0.2) is 0 Å². The lowest BCUT2D eigenvalue weighted by molar-refractivity contribution is -0.295. The van der Waals surface area contributed by atoms with Crippen LogP contribution in [0.2, 0.25) is 0 Å². The van der Waals surface area contributed by atoms with Gasteiger partial charge in [0.05, 0.1) is 36.9 Å². The number of nitrogens with two attached hydrogens (primary N) is 6. The van der Waals surface area contributed by atoms with Crippen molar-refractivity contribution in [1.29, 1.82) is 0 Å². The Morgan fingerprint density at radius 1 is 0.735 bits per heavy atom. The van der Waals surface area contributed by atoms with E-state index in [1.807, 2.05) is 0 Å². The van der Waals surface area contributed by atoms with E-state index in [1.165, 1.54) is 0 Å². The summed E-state index contributed by atoms with van der Waals surface area (Å²) in [5.74, 6) is -1.07. The highest BCUT2D eigenvalue weighted by Crippen LogP contribution is 2.34. The van der Waals surface area contributed by atoms with Gasteiger partial charge in [-0.2, -0.15) is 0 Å². The van der Waals surface area contributed by atoms with E-state index in [4.69, 9.17) is 62.8 Å². The minimum absolute atomic E-state index is 0.0242. The van der Waals surface area contributed by atoms with Gasteiger partial charge in [0.25, 0.3) is 5.91 Å². The van der Waals surface area contributed by atoms with E-state index in [-0.39, 0.29) is 25.9 Å². The van der Waals surface area contributed by atoms with Gasteiger partial charge in [0, 0.05) is 32.1 Å². The Balaban J connectivity index is 1.57. The van der Waals surface area contributed by atoms with Crippen molar-refractivity contribution < 1.29 is 74.1 Å². The second kappa shape index (κ2) is 17.5. The highest BCUT2D eigenvalue weighted by Gasteiger charge is 2.54. The van der Waals surface area contributed by atoms with Crippen molar-refractivity contribution in [3.8, 4) is 0 Å². The third-order valence-electron chi connectivity index (χ3n) is 9.40. The standard InChI is InChI=1S/C27H53N7O15/c28-3-7-1-10(36)14(32)25(44-7)47-21-8(31)2-9(34-24(43)17(39)11(37)4-29)16(38)23(21)49-27-20(42)22(13(6-35)46-27)48-26-15(33)19(41)18(40)12(5-30)45-26/h7-23,25-27,35-42H,1-6,28-33H2,(H,34,43)/t7-,8-,9+,10-,11+,12-,13+,14+,15+,16-,17?,18+,19+,20+,21+,22+,23+,25+,26+,27-/m0/s1. The number of carbonyl (C=O) groups excluding carboxylic acids is 1. The summed E-state index contributed by atoms with van der Waals surface area (Å²) < 4.78 is 35.1. The molecule has 3 aliphatic heterocycles. The van der Waals surface area contributed by atoms with Crippen molar-refractivity contribution in [3.63, 3.8) is 0 Å². The molecule has 1 aliphatic carbocycles. The molecule has 49 heavy (non-hydrogen) atoms. The summed E-state index contributed by atoms with van der Waals surface area (Å²) in [5.41, 5.74) is 35.3. The number of ether oxygens (including phenoxy) is 6. The molecule has 1 saturated carbocycles. The lowest BCUT2D eigenvalue weighted by atomic mass is 9.83. The molecule has 4 fully saturated rings. The Bertz CT molecular complexity index is 1060. The van der Waals surface area contributed by atoms with Crippen LogP contribution in [0.1, 0.15) is 12.8 Å². The second-order valence-electron chi connectivity index (χ2n) is 12.9. The van der Waals surface area contributed by atoms with Gasteiger partial charge in [-0.25, -0.2) is 0 Å². The quantitative estimate of drug-likeness (QED) is 0.0841. The first-order chi connectivity index (χ1) is 23.2. The Hall–Kier alpha value is -1.33. The first-order valence-electron chi connectivity index (χ1n) is 16.1. The molecule has 0 bridgehead atoms.